The maximum Gasteiger partial charge on any atom is 0.119 e. The summed E-state index contributed by atoms with van der Waals surface area (Å²) in [7, 11) is 1.86. The zero-order chi connectivity index (χ0) is 11.1. The molecule has 0 amide bonds. The molecule has 0 aliphatic rings. The number of rotatable bonds is 5. The van der Waals surface area contributed by atoms with Crippen molar-refractivity contribution in [3.8, 4) is 11.8 Å². The molecule has 0 bridgehead atoms. The maximum absolute atomic E-state index is 8.65. The molecule has 1 N–H and O–H groups in total. The third kappa shape index (κ3) is 3.26. The first-order chi connectivity index (χ1) is 7.31. The molecule has 0 saturated carbocycles. The lowest BCUT2D eigenvalue weighted by atomic mass is 10.0. The molecule has 1 atom stereocenters. The number of nitrogens with zero attached hydrogens (tertiary/aromatic N) is 1. The minimum Gasteiger partial charge on any atom is -0.494 e. The van der Waals surface area contributed by atoms with Crippen LogP contribution in [-0.4, -0.2) is 13.7 Å². The van der Waals surface area contributed by atoms with Gasteiger partial charge in [0.05, 0.1) is 19.1 Å². The highest BCUT2D eigenvalue weighted by molar-refractivity contribution is 5.29. The molecule has 0 heterocycles. The molecule has 80 valence electrons. The van der Waals surface area contributed by atoms with Gasteiger partial charge in [0.25, 0.3) is 0 Å². The smallest absolute Gasteiger partial charge is 0.119 e. The Morgan fingerprint density at radius 2 is 2.07 bits per heavy atom. The van der Waals surface area contributed by atoms with Crippen LogP contribution in [0.25, 0.3) is 0 Å². The summed E-state index contributed by atoms with van der Waals surface area (Å²) < 4.78 is 5.35. The summed E-state index contributed by atoms with van der Waals surface area (Å²) in [5.74, 6) is 0.869. The molecule has 1 aromatic carbocycles. The van der Waals surface area contributed by atoms with E-state index in [1.54, 1.807) is 0 Å². The monoisotopic (exact) mass is 204 g/mol. The Kier molecular flexibility index (Phi) is 4.65. The van der Waals surface area contributed by atoms with Crippen molar-refractivity contribution >= 4 is 0 Å². The Bertz CT molecular complexity index is 326. The fraction of sp³-hybridized carbons (Fsp3) is 0.417. The first kappa shape index (κ1) is 11.5. The Morgan fingerprint density at radius 3 is 2.53 bits per heavy atom. The number of hydrogen-bond acceptors (Lipinski definition) is 3. The Hall–Kier alpha value is -1.53. The minimum absolute atomic E-state index is 0.102. The highest BCUT2D eigenvalue weighted by Crippen LogP contribution is 2.19. The van der Waals surface area contributed by atoms with E-state index in [-0.39, 0.29) is 6.04 Å². The van der Waals surface area contributed by atoms with Gasteiger partial charge in [-0.25, -0.2) is 0 Å². The molecular weight excluding hydrogens is 188 g/mol. The van der Waals surface area contributed by atoms with Crippen molar-refractivity contribution in [3.63, 3.8) is 0 Å². The number of nitrogens with one attached hydrogen (secondary N) is 1. The minimum atomic E-state index is 0.102. The van der Waals surface area contributed by atoms with Crippen LogP contribution in [-0.2, 0) is 0 Å². The van der Waals surface area contributed by atoms with Crippen molar-refractivity contribution in [2.24, 2.45) is 0 Å². The van der Waals surface area contributed by atoms with Gasteiger partial charge in [0.1, 0.15) is 5.75 Å². The van der Waals surface area contributed by atoms with Gasteiger partial charge >= 0.3 is 0 Å². The van der Waals surface area contributed by atoms with Gasteiger partial charge < -0.3 is 10.1 Å². The second-order valence-corrected chi connectivity index (χ2v) is 3.21. The highest BCUT2D eigenvalue weighted by atomic mass is 16.5. The van der Waals surface area contributed by atoms with Crippen LogP contribution in [0, 0.1) is 11.3 Å². The average molecular weight is 204 g/mol. The fourth-order valence-electron chi connectivity index (χ4n) is 1.44. The number of ether oxygens (including phenoxy) is 1. The molecule has 15 heavy (non-hydrogen) atoms. The Labute approximate surface area is 90.7 Å². The summed E-state index contributed by atoms with van der Waals surface area (Å²) in [5.41, 5.74) is 1.11. The molecule has 3 heteroatoms. The van der Waals surface area contributed by atoms with Crippen molar-refractivity contribution in [2.75, 3.05) is 13.7 Å². The van der Waals surface area contributed by atoms with Crippen molar-refractivity contribution < 1.29 is 4.74 Å². The van der Waals surface area contributed by atoms with Crippen molar-refractivity contribution in [1.29, 1.82) is 5.26 Å². The van der Waals surface area contributed by atoms with E-state index in [0.29, 0.717) is 13.0 Å². The molecule has 0 aliphatic heterocycles. The van der Waals surface area contributed by atoms with Gasteiger partial charge in [-0.3, -0.25) is 0 Å². The highest BCUT2D eigenvalue weighted by Gasteiger charge is 2.07. The molecular formula is C12H16N2O. The van der Waals surface area contributed by atoms with E-state index in [4.69, 9.17) is 10.00 Å². The van der Waals surface area contributed by atoms with Gasteiger partial charge in [0, 0.05) is 6.04 Å². The van der Waals surface area contributed by atoms with E-state index >= 15 is 0 Å². The predicted octanol–water partition coefficient (Wildman–Crippen LogP) is 2.26. The Balaban J connectivity index is 2.73. The third-order valence-electron chi connectivity index (χ3n) is 2.24. The van der Waals surface area contributed by atoms with Gasteiger partial charge in [-0.1, -0.05) is 12.1 Å². The normalized spacial score (nSPS) is 11.8. The van der Waals surface area contributed by atoms with Crippen molar-refractivity contribution in [1.82, 2.24) is 5.32 Å². The van der Waals surface area contributed by atoms with Gasteiger partial charge in [-0.05, 0) is 31.7 Å². The van der Waals surface area contributed by atoms with Gasteiger partial charge in [-0.2, -0.15) is 5.26 Å². The van der Waals surface area contributed by atoms with E-state index in [0.717, 1.165) is 11.3 Å². The standard InChI is InChI=1S/C12H16N2O/c1-3-15-11-6-4-10(5-7-11)12(14-2)8-9-13/h4-7,12,14H,3,8H2,1-2H3. The summed E-state index contributed by atoms with van der Waals surface area (Å²) >= 11 is 0. The lowest BCUT2D eigenvalue weighted by Crippen LogP contribution is -2.15. The lowest BCUT2D eigenvalue weighted by molar-refractivity contribution is 0.340. The quantitative estimate of drug-likeness (QED) is 0.800. The van der Waals surface area contributed by atoms with Crippen molar-refractivity contribution in [2.45, 2.75) is 19.4 Å². The van der Waals surface area contributed by atoms with Crippen molar-refractivity contribution in [3.05, 3.63) is 29.8 Å². The molecule has 0 spiro atoms. The van der Waals surface area contributed by atoms with Crippen LogP contribution in [0.15, 0.2) is 24.3 Å². The molecule has 0 aliphatic carbocycles. The van der Waals surface area contributed by atoms with Crippen LogP contribution in [0.1, 0.15) is 24.9 Å². The molecule has 0 saturated heterocycles. The first-order valence-corrected chi connectivity index (χ1v) is 5.08. The second-order valence-electron chi connectivity index (χ2n) is 3.21. The van der Waals surface area contributed by atoms with Gasteiger partial charge in [-0.15, -0.1) is 0 Å². The molecule has 1 aromatic rings. The fourth-order valence-corrected chi connectivity index (χ4v) is 1.44. The largest absolute Gasteiger partial charge is 0.494 e. The van der Waals surface area contributed by atoms with Crippen LogP contribution in [0.2, 0.25) is 0 Å². The van der Waals surface area contributed by atoms with E-state index in [1.807, 2.05) is 38.2 Å². The van der Waals surface area contributed by atoms with Crippen LogP contribution in [0.4, 0.5) is 0 Å². The van der Waals surface area contributed by atoms with E-state index in [2.05, 4.69) is 11.4 Å². The van der Waals surface area contributed by atoms with Gasteiger partial charge in [0.2, 0.25) is 0 Å². The Morgan fingerprint density at radius 1 is 1.40 bits per heavy atom. The van der Waals surface area contributed by atoms with Crippen LogP contribution in [0.3, 0.4) is 0 Å². The predicted molar refractivity (Wildman–Crippen MR) is 59.6 cm³/mol. The summed E-state index contributed by atoms with van der Waals surface area (Å²) in [5, 5.41) is 11.8. The van der Waals surface area contributed by atoms with Crippen LogP contribution in [0.5, 0.6) is 5.75 Å². The number of benzene rings is 1. The second kappa shape index (κ2) is 6.05. The van der Waals surface area contributed by atoms with Gasteiger partial charge in [0.15, 0.2) is 0 Å². The molecule has 3 nitrogen and oxygen atoms in total. The maximum atomic E-state index is 8.65. The number of nitriles is 1. The number of hydrogen-bond donors (Lipinski definition) is 1. The SMILES string of the molecule is CCOc1ccc(C(CC#N)NC)cc1. The third-order valence-corrected chi connectivity index (χ3v) is 2.24. The molecule has 1 rings (SSSR count). The topological polar surface area (TPSA) is 45.0 Å². The average Bonchev–Trinajstić information content (AvgIpc) is 2.28. The summed E-state index contributed by atoms with van der Waals surface area (Å²) in [6.07, 6.45) is 0.477. The zero-order valence-electron chi connectivity index (χ0n) is 9.16. The molecule has 0 fully saturated rings. The van der Waals surface area contributed by atoms with Crippen LogP contribution < -0.4 is 10.1 Å². The van der Waals surface area contributed by atoms with Crippen LogP contribution >= 0.6 is 0 Å². The van der Waals surface area contributed by atoms with E-state index in [9.17, 15) is 0 Å². The van der Waals surface area contributed by atoms with E-state index < -0.39 is 0 Å². The summed E-state index contributed by atoms with van der Waals surface area (Å²) in [4.78, 5) is 0. The first-order valence-electron chi connectivity index (χ1n) is 5.08. The molecule has 0 radical (unpaired) electrons. The summed E-state index contributed by atoms with van der Waals surface area (Å²) in [6.45, 7) is 2.63. The molecule has 1 unspecified atom stereocenters. The lowest BCUT2D eigenvalue weighted by Gasteiger charge is -2.13. The summed E-state index contributed by atoms with van der Waals surface area (Å²) in [6, 6.07) is 10.1. The molecule has 0 aromatic heterocycles. The van der Waals surface area contributed by atoms with E-state index in [1.165, 1.54) is 0 Å². The zero-order valence-corrected chi connectivity index (χ0v) is 9.16.